The molecule has 0 spiro atoms. The summed E-state index contributed by atoms with van der Waals surface area (Å²) >= 11 is 6.89. The quantitative estimate of drug-likeness (QED) is 0.471. The summed E-state index contributed by atoms with van der Waals surface area (Å²) in [6.07, 6.45) is 1.48. The highest BCUT2D eigenvalue weighted by Crippen LogP contribution is 2.23. The number of ether oxygens (including phenoxy) is 1. The van der Waals surface area contributed by atoms with Crippen LogP contribution in [0, 0.1) is 0 Å². The predicted octanol–water partition coefficient (Wildman–Crippen LogP) is 2.54. The Labute approximate surface area is 162 Å². The number of nitrogens with one attached hydrogen (secondary N) is 2. The fourth-order valence-electron chi connectivity index (χ4n) is 1.98. The molecule has 0 fully saturated rings. The second kappa shape index (κ2) is 8.60. The molecule has 2 amide bonds. The molecule has 2 aromatic heterocycles. The van der Waals surface area contributed by atoms with Gasteiger partial charge < -0.3 is 13.6 Å². The molecule has 0 radical (unpaired) electrons. The van der Waals surface area contributed by atoms with Crippen molar-refractivity contribution in [2.24, 2.45) is 0 Å². The van der Waals surface area contributed by atoms with E-state index in [0.717, 1.165) is 11.8 Å². The number of nitrogens with zero attached hydrogens (tertiary/aromatic N) is 2. The van der Waals surface area contributed by atoms with Crippen LogP contribution in [0.15, 0.2) is 50.7 Å². The molecular weight excluding hydrogens is 396 g/mol. The summed E-state index contributed by atoms with van der Waals surface area (Å²) in [6.45, 7) is 0. The Balaban J connectivity index is 1.50. The minimum absolute atomic E-state index is 0.0489. The minimum atomic E-state index is -0.564. The zero-order chi connectivity index (χ0) is 19.2. The summed E-state index contributed by atoms with van der Waals surface area (Å²) in [6, 6.07) is 7.95. The molecule has 0 unspecified atom stereocenters. The highest BCUT2D eigenvalue weighted by Gasteiger charge is 2.15. The van der Waals surface area contributed by atoms with Gasteiger partial charge in [0.2, 0.25) is 5.91 Å². The molecule has 11 heteroatoms. The third-order valence-electron chi connectivity index (χ3n) is 3.19. The minimum Gasteiger partial charge on any atom is -0.496 e. The zero-order valence-electron chi connectivity index (χ0n) is 13.9. The Morgan fingerprint density at radius 2 is 2.11 bits per heavy atom. The molecule has 0 saturated heterocycles. The molecule has 0 aliphatic rings. The van der Waals surface area contributed by atoms with Crippen LogP contribution in [-0.4, -0.2) is 34.9 Å². The lowest BCUT2D eigenvalue weighted by molar-refractivity contribution is -0.119. The maximum atomic E-state index is 12.2. The van der Waals surface area contributed by atoms with Crippen molar-refractivity contribution in [2.45, 2.75) is 5.22 Å². The Morgan fingerprint density at radius 3 is 2.85 bits per heavy atom. The third-order valence-corrected chi connectivity index (χ3v) is 4.24. The lowest BCUT2D eigenvalue weighted by Crippen LogP contribution is -2.42. The maximum absolute atomic E-state index is 12.2. The number of furan rings is 1. The fourth-order valence-corrected chi connectivity index (χ4v) is 2.72. The van der Waals surface area contributed by atoms with Gasteiger partial charge in [0.05, 0.1) is 24.7 Å². The number of benzene rings is 1. The zero-order valence-corrected chi connectivity index (χ0v) is 15.5. The predicted molar refractivity (Wildman–Crippen MR) is 96.3 cm³/mol. The van der Waals surface area contributed by atoms with Crippen LogP contribution >= 0.6 is 23.4 Å². The lowest BCUT2D eigenvalue weighted by atomic mass is 10.2. The first kappa shape index (κ1) is 18.8. The van der Waals surface area contributed by atoms with E-state index in [-0.39, 0.29) is 22.4 Å². The van der Waals surface area contributed by atoms with Gasteiger partial charge in [0.1, 0.15) is 5.75 Å². The number of hydrogen-bond donors (Lipinski definition) is 2. The van der Waals surface area contributed by atoms with Crippen LogP contribution < -0.4 is 15.6 Å². The highest BCUT2D eigenvalue weighted by molar-refractivity contribution is 7.99. The Bertz CT molecular complexity index is 944. The topological polar surface area (TPSA) is 119 Å². The van der Waals surface area contributed by atoms with Gasteiger partial charge in [-0.3, -0.25) is 20.4 Å². The van der Waals surface area contributed by atoms with Gasteiger partial charge in [-0.05, 0) is 30.3 Å². The van der Waals surface area contributed by atoms with Crippen LogP contribution in [-0.2, 0) is 4.79 Å². The summed E-state index contributed by atoms with van der Waals surface area (Å²) in [5.74, 6) is -0.104. The molecule has 0 aliphatic carbocycles. The number of amides is 2. The molecule has 2 N–H and O–H groups in total. The number of carbonyl (C=O) groups excluding carboxylic acids is 2. The van der Waals surface area contributed by atoms with E-state index in [0.29, 0.717) is 16.5 Å². The molecule has 0 aliphatic heterocycles. The summed E-state index contributed by atoms with van der Waals surface area (Å²) in [7, 11) is 1.43. The number of rotatable bonds is 6. The molecule has 1 aromatic carbocycles. The van der Waals surface area contributed by atoms with Gasteiger partial charge in [0.25, 0.3) is 17.0 Å². The van der Waals surface area contributed by atoms with Crippen molar-refractivity contribution < 1.29 is 23.2 Å². The highest BCUT2D eigenvalue weighted by atomic mass is 35.5. The normalized spacial score (nSPS) is 10.4. The summed E-state index contributed by atoms with van der Waals surface area (Å²) in [5.41, 5.74) is 4.77. The molecule has 3 aromatic rings. The number of methoxy groups -OCH3 is 1. The first-order valence-electron chi connectivity index (χ1n) is 7.49. The van der Waals surface area contributed by atoms with Crippen molar-refractivity contribution in [1.82, 2.24) is 21.0 Å². The van der Waals surface area contributed by atoms with E-state index >= 15 is 0 Å². The van der Waals surface area contributed by atoms with Crippen molar-refractivity contribution >= 4 is 35.2 Å². The second-order valence-corrected chi connectivity index (χ2v) is 6.35. The first-order valence-corrected chi connectivity index (χ1v) is 8.86. The average molecular weight is 409 g/mol. The number of hydrogen-bond acceptors (Lipinski definition) is 8. The SMILES string of the molecule is COc1ccc(Cl)cc1C(=O)NNC(=O)CSc1nnc(-c2ccco2)o1. The Kier molecular flexibility index (Phi) is 5.99. The molecule has 0 saturated carbocycles. The lowest BCUT2D eigenvalue weighted by Gasteiger charge is -2.10. The summed E-state index contributed by atoms with van der Waals surface area (Å²) in [4.78, 5) is 24.1. The largest absolute Gasteiger partial charge is 0.496 e. The molecule has 0 bridgehead atoms. The van der Waals surface area contributed by atoms with Gasteiger partial charge >= 0.3 is 0 Å². The van der Waals surface area contributed by atoms with Gasteiger partial charge in [-0.25, -0.2) is 0 Å². The van der Waals surface area contributed by atoms with E-state index in [2.05, 4.69) is 21.0 Å². The molecule has 9 nitrogen and oxygen atoms in total. The number of hydrazine groups is 1. The van der Waals surface area contributed by atoms with Gasteiger partial charge in [-0.1, -0.05) is 23.4 Å². The second-order valence-electron chi connectivity index (χ2n) is 4.99. The number of aromatic nitrogens is 2. The summed E-state index contributed by atoms with van der Waals surface area (Å²) < 4.78 is 15.6. The van der Waals surface area contributed by atoms with Gasteiger partial charge in [-0.2, -0.15) is 0 Å². The van der Waals surface area contributed by atoms with Crippen molar-refractivity contribution in [2.75, 3.05) is 12.9 Å². The van der Waals surface area contributed by atoms with Gasteiger partial charge in [0, 0.05) is 5.02 Å². The van der Waals surface area contributed by atoms with Crippen LogP contribution in [0.2, 0.25) is 5.02 Å². The van der Waals surface area contributed by atoms with Crippen molar-refractivity contribution in [3.05, 3.63) is 47.2 Å². The van der Waals surface area contributed by atoms with Crippen LogP contribution in [0.1, 0.15) is 10.4 Å². The van der Waals surface area contributed by atoms with Gasteiger partial charge in [0.15, 0.2) is 5.76 Å². The van der Waals surface area contributed by atoms with Crippen LogP contribution in [0.3, 0.4) is 0 Å². The fraction of sp³-hybridized carbons (Fsp3) is 0.125. The van der Waals surface area contributed by atoms with E-state index in [1.807, 2.05) is 0 Å². The Hall–Kier alpha value is -2.98. The van der Waals surface area contributed by atoms with Crippen molar-refractivity contribution in [1.29, 1.82) is 0 Å². The van der Waals surface area contributed by atoms with Crippen LogP contribution in [0.4, 0.5) is 0 Å². The van der Waals surface area contributed by atoms with E-state index in [9.17, 15) is 9.59 Å². The Morgan fingerprint density at radius 1 is 1.26 bits per heavy atom. The van der Waals surface area contributed by atoms with E-state index in [4.69, 9.17) is 25.2 Å². The number of carbonyl (C=O) groups is 2. The molecular formula is C16H13ClN4O5S. The van der Waals surface area contributed by atoms with E-state index in [1.165, 1.54) is 19.4 Å². The van der Waals surface area contributed by atoms with Crippen molar-refractivity contribution in [3.8, 4) is 17.4 Å². The maximum Gasteiger partial charge on any atom is 0.284 e. The smallest absolute Gasteiger partial charge is 0.284 e. The molecule has 2 heterocycles. The molecule has 0 atom stereocenters. The van der Waals surface area contributed by atoms with Crippen molar-refractivity contribution in [3.63, 3.8) is 0 Å². The van der Waals surface area contributed by atoms with Crippen LogP contribution in [0.5, 0.6) is 5.75 Å². The molecule has 140 valence electrons. The first-order chi connectivity index (χ1) is 13.1. The monoisotopic (exact) mass is 408 g/mol. The third kappa shape index (κ3) is 4.80. The average Bonchev–Trinajstić information content (AvgIpc) is 3.35. The molecule has 3 rings (SSSR count). The summed E-state index contributed by atoms with van der Waals surface area (Å²) in [5, 5.41) is 8.19. The van der Waals surface area contributed by atoms with E-state index in [1.54, 1.807) is 24.3 Å². The number of halogens is 1. The van der Waals surface area contributed by atoms with E-state index < -0.39 is 11.8 Å². The number of thioether (sulfide) groups is 1. The van der Waals surface area contributed by atoms with Crippen LogP contribution in [0.25, 0.3) is 11.7 Å². The molecule has 27 heavy (non-hydrogen) atoms. The standard InChI is InChI=1S/C16H13ClN4O5S/c1-24-11-5-4-9(17)7-10(11)14(23)19-18-13(22)8-27-16-21-20-15(26-16)12-3-2-6-25-12/h2-7H,8H2,1H3,(H,18,22)(H,19,23). The van der Waals surface area contributed by atoms with Gasteiger partial charge in [-0.15, -0.1) is 10.2 Å².